The Hall–Kier alpha value is -2.75. The molecular weight excluding hydrogens is 316 g/mol. The average molecular weight is 336 g/mol. The van der Waals surface area contributed by atoms with Crippen molar-refractivity contribution in [2.45, 2.75) is 40.2 Å². The van der Waals surface area contributed by atoms with Crippen LogP contribution in [0.25, 0.3) is 0 Å². The smallest absolute Gasteiger partial charge is 0.303 e. The predicted octanol–water partition coefficient (Wildman–Crippen LogP) is 4.09. The summed E-state index contributed by atoms with van der Waals surface area (Å²) in [4.78, 5) is 37.4. The highest BCUT2D eigenvalue weighted by Crippen LogP contribution is 2.36. The summed E-state index contributed by atoms with van der Waals surface area (Å²) in [5, 5.41) is 0. The van der Waals surface area contributed by atoms with Gasteiger partial charge in [-0.2, -0.15) is 0 Å². The van der Waals surface area contributed by atoms with E-state index in [0.717, 1.165) is 11.1 Å². The monoisotopic (exact) mass is 336 g/mol. The largest absolute Gasteiger partial charge is 0.458 e. The molecule has 2 aromatic carbocycles. The molecule has 0 fully saturated rings. The number of hydrogen-bond donors (Lipinski definition) is 0. The third-order valence-electron chi connectivity index (χ3n) is 4.72. The Labute approximate surface area is 146 Å². The molecule has 128 valence electrons. The van der Waals surface area contributed by atoms with Crippen LogP contribution in [0.3, 0.4) is 0 Å². The van der Waals surface area contributed by atoms with Gasteiger partial charge < -0.3 is 4.74 Å². The normalized spacial score (nSPS) is 13.9. The van der Waals surface area contributed by atoms with Crippen LogP contribution in [0.4, 0.5) is 0 Å². The Morgan fingerprint density at radius 2 is 1.60 bits per heavy atom. The van der Waals surface area contributed by atoms with Gasteiger partial charge in [-0.1, -0.05) is 37.3 Å². The molecule has 1 aliphatic rings. The third-order valence-corrected chi connectivity index (χ3v) is 4.72. The van der Waals surface area contributed by atoms with E-state index in [0.29, 0.717) is 34.2 Å². The summed E-state index contributed by atoms with van der Waals surface area (Å²) >= 11 is 0. The fourth-order valence-corrected chi connectivity index (χ4v) is 3.57. The molecule has 2 aromatic rings. The van der Waals surface area contributed by atoms with E-state index in [4.69, 9.17) is 4.74 Å². The Kier molecular flexibility index (Phi) is 4.29. The highest BCUT2D eigenvalue weighted by atomic mass is 16.5. The minimum Gasteiger partial charge on any atom is -0.458 e. The number of aryl methyl sites for hydroxylation is 1. The van der Waals surface area contributed by atoms with Gasteiger partial charge in [-0.25, -0.2) is 0 Å². The lowest BCUT2D eigenvalue weighted by Crippen LogP contribution is -2.24. The van der Waals surface area contributed by atoms with E-state index in [-0.39, 0.29) is 17.5 Å². The molecule has 0 N–H and O–H groups in total. The Balaban J connectivity index is 2.25. The lowest BCUT2D eigenvalue weighted by molar-refractivity contribution is -0.146. The molecule has 0 saturated carbocycles. The topological polar surface area (TPSA) is 60.4 Å². The standard InChI is InChI=1S/C21H20O4/c1-5-17(25-13(4)22)16-10-11(2)18-19(12(16)3)21(24)15-9-7-6-8-14(15)20(18)23/h6-10,17H,5H2,1-4H3. The van der Waals surface area contributed by atoms with E-state index < -0.39 is 6.10 Å². The van der Waals surface area contributed by atoms with Crippen molar-refractivity contribution in [2.24, 2.45) is 0 Å². The molecule has 0 bridgehead atoms. The number of ketones is 2. The molecule has 25 heavy (non-hydrogen) atoms. The molecule has 0 radical (unpaired) electrons. The number of carbonyl (C=O) groups is 3. The maximum absolute atomic E-state index is 13.1. The van der Waals surface area contributed by atoms with Crippen molar-refractivity contribution in [3.05, 3.63) is 69.3 Å². The molecule has 0 heterocycles. The molecule has 0 amide bonds. The first-order valence-corrected chi connectivity index (χ1v) is 8.36. The van der Waals surface area contributed by atoms with Gasteiger partial charge in [0.1, 0.15) is 6.10 Å². The average Bonchev–Trinajstić information content (AvgIpc) is 2.59. The van der Waals surface area contributed by atoms with Crippen molar-refractivity contribution in [1.82, 2.24) is 0 Å². The first-order valence-electron chi connectivity index (χ1n) is 8.36. The highest BCUT2D eigenvalue weighted by Gasteiger charge is 2.34. The van der Waals surface area contributed by atoms with Crippen LogP contribution in [0.2, 0.25) is 0 Å². The van der Waals surface area contributed by atoms with Crippen LogP contribution < -0.4 is 0 Å². The van der Waals surface area contributed by atoms with E-state index in [1.807, 2.05) is 26.8 Å². The number of ether oxygens (including phenoxy) is 1. The van der Waals surface area contributed by atoms with E-state index in [2.05, 4.69) is 0 Å². The lowest BCUT2D eigenvalue weighted by atomic mass is 9.78. The summed E-state index contributed by atoms with van der Waals surface area (Å²) in [5.74, 6) is -0.641. The fourth-order valence-electron chi connectivity index (χ4n) is 3.57. The number of benzene rings is 2. The summed E-state index contributed by atoms with van der Waals surface area (Å²) in [6.45, 7) is 6.93. The van der Waals surface area contributed by atoms with Gasteiger partial charge in [-0.05, 0) is 37.0 Å². The van der Waals surface area contributed by atoms with Crippen LogP contribution in [0.5, 0.6) is 0 Å². The van der Waals surface area contributed by atoms with E-state index in [9.17, 15) is 14.4 Å². The van der Waals surface area contributed by atoms with Crippen LogP contribution in [-0.2, 0) is 9.53 Å². The van der Waals surface area contributed by atoms with Gasteiger partial charge in [-0.3, -0.25) is 14.4 Å². The molecule has 1 unspecified atom stereocenters. The van der Waals surface area contributed by atoms with Gasteiger partial charge in [-0.15, -0.1) is 0 Å². The number of fused-ring (bicyclic) bond motifs is 2. The van der Waals surface area contributed by atoms with Crippen LogP contribution in [0.15, 0.2) is 30.3 Å². The van der Waals surface area contributed by atoms with Crippen molar-refractivity contribution in [2.75, 3.05) is 0 Å². The molecular formula is C21H20O4. The van der Waals surface area contributed by atoms with Crippen molar-refractivity contribution in [1.29, 1.82) is 0 Å². The molecule has 0 aromatic heterocycles. The zero-order chi connectivity index (χ0) is 18.3. The number of hydrogen-bond acceptors (Lipinski definition) is 4. The van der Waals surface area contributed by atoms with E-state index in [1.54, 1.807) is 24.3 Å². The Morgan fingerprint density at radius 3 is 2.12 bits per heavy atom. The second kappa shape index (κ2) is 6.28. The fraction of sp³-hybridized carbons (Fsp3) is 0.286. The molecule has 4 nitrogen and oxygen atoms in total. The number of esters is 1. The van der Waals surface area contributed by atoms with Crippen LogP contribution in [0.1, 0.15) is 74.9 Å². The second-order valence-corrected chi connectivity index (χ2v) is 6.37. The van der Waals surface area contributed by atoms with Crippen molar-refractivity contribution < 1.29 is 19.1 Å². The second-order valence-electron chi connectivity index (χ2n) is 6.37. The quantitative estimate of drug-likeness (QED) is 0.676. The van der Waals surface area contributed by atoms with Gasteiger partial charge in [0, 0.05) is 29.2 Å². The Bertz CT molecular complexity index is 908. The Morgan fingerprint density at radius 1 is 1.04 bits per heavy atom. The van der Waals surface area contributed by atoms with Crippen molar-refractivity contribution in [3.63, 3.8) is 0 Å². The van der Waals surface area contributed by atoms with Gasteiger partial charge in [0.25, 0.3) is 0 Å². The molecule has 1 aliphatic carbocycles. The van der Waals surface area contributed by atoms with E-state index in [1.165, 1.54) is 6.92 Å². The third kappa shape index (κ3) is 2.68. The summed E-state index contributed by atoms with van der Waals surface area (Å²) in [5.41, 5.74) is 4.00. The summed E-state index contributed by atoms with van der Waals surface area (Å²) in [7, 11) is 0. The minimum atomic E-state index is -0.429. The van der Waals surface area contributed by atoms with Crippen LogP contribution in [-0.4, -0.2) is 17.5 Å². The molecule has 0 aliphatic heterocycles. The maximum Gasteiger partial charge on any atom is 0.303 e. The van der Waals surface area contributed by atoms with Gasteiger partial charge in [0.15, 0.2) is 11.6 Å². The van der Waals surface area contributed by atoms with Gasteiger partial charge in [0.05, 0.1) is 0 Å². The van der Waals surface area contributed by atoms with Gasteiger partial charge in [0.2, 0.25) is 0 Å². The number of carbonyl (C=O) groups excluding carboxylic acids is 3. The molecule has 0 saturated heterocycles. The highest BCUT2D eigenvalue weighted by molar-refractivity contribution is 6.29. The zero-order valence-corrected chi connectivity index (χ0v) is 14.8. The van der Waals surface area contributed by atoms with Crippen molar-refractivity contribution in [3.8, 4) is 0 Å². The van der Waals surface area contributed by atoms with E-state index >= 15 is 0 Å². The molecule has 0 spiro atoms. The minimum absolute atomic E-state index is 0.127. The lowest BCUT2D eigenvalue weighted by Gasteiger charge is -2.25. The number of rotatable bonds is 3. The van der Waals surface area contributed by atoms with Crippen LogP contribution in [0, 0.1) is 13.8 Å². The zero-order valence-electron chi connectivity index (χ0n) is 14.8. The maximum atomic E-state index is 13.1. The summed E-state index contributed by atoms with van der Waals surface area (Å²) < 4.78 is 5.41. The van der Waals surface area contributed by atoms with Crippen molar-refractivity contribution >= 4 is 17.5 Å². The first-order chi connectivity index (χ1) is 11.9. The van der Waals surface area contributed by atoms with Crippen LogP contribution >= 0.6 is 0 Å². The molecule has 4 heteroatoms. The summed E-state index contributed by atoms with van der Waals surface area (Å²) in [6, 6.07) is 8.76. The van der Waals surface area contributed by atoms with Gasteiger partial charge >= 0.3 is 5.97 Å². The predicted molar refractivity (Wildman–Crippen MR) is 94.0 cm³/mol. The SMILES string of the molecule is CCC(OC(C)=O)c1cc(C)c2c(c1C)C(=O)c1ccccc1C2=O. The first kappa shape index (κ1) is 17.1. The summed E-state index contributed by atoms with van der Waals surface area (Å²) in [6.07, 6.45) is 0.166. The molecule has 1 atom stereocenters. The molecule has 3 rings (SSSR count).